The minimum atomic E-state index is -0.481. The van der Waals surface area contributed by atoms with E-state index in [-0.39, 0.29) is 30.0 Å². The Bertz CT molecular complexity index is 374. The van der Waals surface area contributed by atoms with Crippen molar-refractivity contribution in [1.29, 1.82) is 0 Å². The summed E-state index contributed by atoms with van der Waals surface area (Å²) in [7, 11) is 0. The van der Waals surface area contributed by atoms with Crippen LogP contribution in [0.15, 0.2) is 0 Å². The van der Waals surface area contributed by atoms with Gasteiger partial charge in [-0.1, -0.05) is 6.92 Å². The summed E-state index contributed by atoms with van der Waals surface area (Å²) in [5, 5.41) is 2.93. The number of amides is 2. The Balaban J connectivity index is 2.57. The number of hydrogen-bond acceptors (Lipinski definition) is 3. The SMILES string of the molecule is CC(C)NC(=O)[C@@H](C)C[C@@H]1CCCN1C(=O)OC(C)(C)C. The molecule has 122 valence electrons. The lowest BCUT2D eigenvalue weighted by Crippen LogP contribution is -2.42. The predicted molar refractivity (Wildman–Crippen MR) is 83.0 cm³/mol. The Kier molecular flexibility index (Phi) is 6.05. The van der Waals surface area contributed by atoms with E-state index in [1.807, 2.05) is 41.5 Å². The molecule has 1 rings (SSSR count). The highest BCUT2D eigenvalue weighted by atomic mass is 16.6. The van der Waals surface area contributed by atoms with Crippen molar-refractivity contribution in [2.75, 3.05) is 6.54 Å². The molecule has 0 radical (unpaired) electrons. The lowest BCUT2D eigenvalue weighted by atomic mass is 9.99. The average Bonchev–Trinajstić information content (AvgIpc) is 2.73. The quantitative estimate of drug-likeness (QED) is 0.868. The molecule has 0 spiro atoms. The zero-order valence-electron chi connectivity index (χ0n) is 14.2. The summed E-state index contributed by atoms with van der Waals surface area (Å²) in [6, 6.07) is 0.248. The first-order chi connectivity index (χ1) is 9.60. The smallest absolute Gasteiger partial charge is 0.410 e. The first kappa shape index (κ1) is 17.8. The summed E-state index contributed by atoms with van der Waals surface area (Å²) in [6.45, 7) is 12.2. The van der Waals surface area contributed by atoms with Gasteiger partial charge in [0.15, 0.2) is 0 Å². The summed E-state index contributed by atoms with van der Waals surface area (Å²) in [5.74, 6) is -0.0403. The van der Waals surface area contributed by atoms with Gasteiger partial charge in [0, 0.05) is 24.5 Å². The van der Waals surface area contributed by atoms with E-state index < -0.39 is 5.60 Å². The summed E-state index contributed by atoms with van der Waals surface area (Å²) < 4.78 is 5.44. The summed E-state index contributed by atoms with van der Waals surface area (Å²) >= 11 is 0. The van der Waals surface area contributed by atoms with Crippen molar-refractivity contribution in [3.63, 3.8) is 0 Å². The van der Waals surface area contributed by atoms with Gasteiger partial charge in [0.05, 0.1) is 0 Å². The molecule has 0 aliphatic carbocycles. The molecule has 0 aromatic heterocycles. The van der Waals surface area contributed by atoms with Crippen LogP contribution in [0.1, 0.15) is 60.8 Å². The number of likely N-dealkylation sites (tertiary alicyclic amines) is 1. The van der Waals surface area contributed by atoms with Crippen LogP contribution in [0.5, 0.6) is 0 Å². The molecule has 2 atom stereocenters. The van der Waals surface area contributed by atoms with E-state index in [2.05, 4.69) is 5.32 Å². The fourth-order valence-electron chi connectivity index (χ4n) is 2.58. The van der Waals surface area contributed by atoms with E-state index in [9.17, 15) is 9.59 Å². The highest BCUT2D eigenvalue weighted by Gasteiger charge is 2.34. The highest BCUT2D eigenvalue weighted by Crippen LogP contribution is 2.25. The van der Waals surface area contributed by atoms with E-state index in [0.717, 1.165) is 19.4 Å². The molecular weight excluding hydrogens is 268 g/mol. The molecule has 5 nitrogen and oxygen atoms in total. The van der Waals surface area contributed by atoms with Crippen LogP contribution < -0.4 is 5.32 Å². The lowest BCUT2D eigenvalue weighted by molar-refractivity contribution is -0.125. The standard InChI is InChI=1S/C16H30N2O3/c1-11(2)17-14(19)12(3)10-13-8-7-9-18(13)15(20)21-16(4,5)6/h11-13H,7-10H2,1-6H3,(H,17,19)/t12-,13-/m0/s1. The van der Waals surface area contributed by atoms with E-state index in [1.54, 1.807) is 4.90 Å². The molecule has 0 unspecified atom stereocenters. The van der Waals surface area contributed by atoms with Gasteiger partial charge in [0.1, 0.15) is 5.60 Å². The second-order valence-corrected chi connectivity index (χ2v) is 7.27. The zero-order chi connectivity index (χ0) is 16.2. The molecule has 0 saturated carbocycles. The number of carbonyl (C=O) groups excluding carboxylic acids is 2. The molecule has 5 heteroatoms. The maximum atomic E-state index is 12.2. The monoisotopic (exact) mass is 298 g/mol. The molecular formula is C16H30N2O3. The van der Waals surface area contributed by atoms with Crippen LogP contribution in [0.25, 0.3) is 0 Å². The minimum absolute atomic E-state index is 0.0565. The van der Waals surface area contributed by atoms with E-state index >= 15 is 0 Å². The van der Waals surface area contributed by atoms with Gasteiger partial charge in [-0.2, -0.15) is 0 Å². The van der Waals surface area contributed by atoms with Gasteiger partial charge in [-0.15, -0.1) is 0 Å². The number of carbonyl (C=O) groups is 2. The van der Waals surface area contributed by atoms with Crippen LogP contribution in [-0.4, -0.2) is 41.1 Å². The van der Waals surface area contributed by atoms with Crippen molar-refractivity contribution >= 4 is 12.0 Å². The maximum Gasteiger partial charge on any atom is 0.410 e. The van der Waals surface area contributed by atoms with Crippen molar-refractivity contribution in [3.05, 3.63) is 0 Å². The molecule has 1 N–H and O–H groups in total. The third-order valence-electron chi connectivity index (χ3n) is 3.51. The molecule has 1 aliphatic heterocycles. The van der Waals surface area contributed by atoms with Crippen LogP contribution in [-0.2, 0) is 9.53 Å². The van der Waals surface area contributed by atoms with Crippen LogP contribution in [0.3, 0.4) is 0 Å². The van der Waals surface area contributed by atoms with Gasteiger partial charge < -0.3 is 15.0 Å². The third-order valence-corrected chi connectivity index (χ3v) is 3.51. The normalized spacial score (nSPS) is 20.5. The van der Waals surface area contributed by atoms with Crippen molar-refractivity contribution in [2.45, 2.75) is 78.5 Å². The van der Waals surface area contributed by atoms with E-state index in [0.29, 0.717) is 6.42 Å². The Labute approximate surface area is 128 Å². The second-order valence-electron chi connectivity index (χ2n) is 7.27. The minimum Gasteiger partial charge on any atom is -0.444 e. The maximum absolute atomic E-state index is 12.2. The fourth-order valence-corrected chi connectivity index (χ4v) is 2.58. The summed E-state index contributed by atoms with van der Waals surface area (Å²) in [5.41, 5.74) is -0.481. The van der Waals surface area contributed by atoms with Gasteiger partial charge in [0.25, 0.3) is 0 Å². The van der Waals surface area contributed by atoms with Gasteiger partial charge in [0.2, 0.25) is 5.91 Å². The predicted octanol–water partition coefficient (Wildman–Crippen LogP) is 2.94. The first-order valence-corrected chi connectivity index (χ1v) is 7.90. The fraction of sp³-hybridized carbons (Fsp3) is 0.875. The molecule has 0 aromatic rings. The van der Waals surface area contributed by atoms with E-state index in [1.165, 1.54) is 0 Å². The summed E-state index contributed by atoms with van der Waals surface area (Å²) in [4.78, 5) is 26.0. The second kappa shape index (κ2) is 7.14. The molecule has 21 heavy (non-hydrogen) atoms. The van der Waals surface area contributed by atoms with Crippen molar-refractivity contribution in [1.82, 2.24) is 10.2 Å². The average molecular weight is 298 g/mol. The van der Waals surface area contributed by atoms with Crippen LogP contribution >= 0.6 is 0 Å². The van der Waals surface area contributed by atoms with Crippen molar-refractivity contribution in [2.24, 2.45) is 5.92 Å². The Morgan fingerprint density at radius 1 is 1.29 bits per heavy atom. The van der Waals surface area contributed by atoms with Crippen molar-refractivity contribution < 1.29 is 14.3 Å². The van der Waals surface area contributed by atoms with Gasteiger partial charge in [-0.3, -0.25) is 4.79 Å². The van der Waals surface area contributed by atoms with Crippen LogP contribution in [0.4, 0.5) is 4.79 Å². The Hall–Kier alpha value is -1.26. The molecule has 1 fully saturated rings. The highest BCUT2D eigenvalue weighted by molar-refractivity contribution is 5.78. The van der Waals surface area contributed by atoms with E-state index in [4.69, 9.17) is 4.74 Å². The lowest BCUT2D eigenvalue weighted by Gasteiger charge is -2.29. The van der Waals surface area contributed by atoms with Gasteiger partial charge in [-0.05, 0) is 53.9 Å². The molecule has 0 aromatic carbocycles. The van der Waals surface area contributed by atoms with Crippen LogP contribution in [0.2, 0.25) is 0 Å². The molecule has 1 aliphatic rings. The molecule has 1 saturated heterocycles. The Morgan fingerprint density at radius 2 is 1.90 bits per heavy atom. The first-order valence-electron chi connectivity index (χ1n) is 7.90. The molecule has 0 bridgehead atoms. The zero-order valence-corrected chi connectivity index (χ0v) is 14.2. The Morgan fingerprint density at radius 3 is 2.43 bits per heavy atom. The van der Waals surface area contributed by atoms with Crippen molar-refractivity contribution in [3.8, 4) is 0 Å². The topological polar surface area (TPSA) is 58.6 Å². The van der Waals surface area contributed by atoms with Crippen LogP contribution in [0, 0.1) is 5.92 Å². The number of ether oxygens (including phenoxy) is 1. The number of nitrogens with one attached hydrogen (secondary N) is 1. The van der Waals surface area contributed by atoms with Gasteiger partial charge >= 0.3 is 6.09 Å². The third kappa shape index (κ3) is 5.94. The van der Waals surface area contributed by atoms with Gasteiger partial charge in [-0.25, -0.2) is 4.79 Å². The number of rotatable bonds is 4. The summed E-state index contributed by atoms with van der Waals surface area (Å²) in [6.07, 6.45) is 2.35. The molecule has 2 amide bonds. The largest absolute Gasteiger partial charge is 0.444 e. The number of hydrogen-bond donors (Lipinski definition) is 1. The number of nitrogens with zero attached hydrogens (tertiary/aromatic N) is 1. The molecule has 1 heterocycles.